The van der Waals surface area contributed by atoms with Crippen LogP contribution in [0.2, 0.25) is 0 Å². The number of halogens is 3. The molecule has 0 atom stereocenters. The van der Waals surface area contributed by atoms with Gasteiger partial charge in [-0.05, 0) is 23.3 Å². The lowest BCUT2D eigenvalue weighted by Gasteiger charge is -2.10. The molecule has 0 bridgehead atoms. The van der Waals surface area contributed by atoms with Crippen LogP contribution >= 0.6 is 0 Å². The minimum Gasteiger partial charge on any atom is -0.484 e. The second kappa shape index (κ2) is 9.61. The van der Waals surface area contributed by atoms with Crippen LogP contribution in [0.5, 0.6) is 5.75 Å². The third-order valence-corrected chi connectivity index (χ3v) is 3.47. The maximum atomic E-state index is 12.1. The van der Waals surface area contributed by atoms with Crippen LogP contribution in [0.3, 0.4) is 0 Å². The molecule has 2 amide bonds. The summed E-state index contributed by atoms with van der Waals surface area (Å²) in [5, 5.41) is 5.15. The first kappa shape index (κ1) is 20.3. The van der Waals surface area contributed by atoms with Crippen molar-refractivity contribution in [1.29, 1.82) is 0 Å². The lowest BCUT2D eigenvalue weighted by molar-refractivity contribution is -0.153. The predicted octanol–water partition coefficient (Wildman–Crippen LogP) is 2.60. The van der Waals surface area contributed by atoms with Gasteiger partial charge in [-0.2, -0.15) is 13.2 Å². The third-order valence-electron chi connectivity index (χ3n) is 3.47. The monoisotopic (exact) mass is 380 g/mol. The molecule has 0 heterocycles. The quantitative estimate of drug-likeness (QED) is 0.740. The van der Waals surface area contributed by atoms with Crippen LogP contribution in [0.1, 0.15) is 11.1 Å². The topological polar surface area (TPSA) is 67.4 Å². The number of carbonyl (C=O) groups is 2. The summed E-state index contributed by atoms with van der Waals surface area (Å²) in [6.45, 7) is -1.32. The Morgan fingerprint density at radius 2 is 1.52 bits per heavy atom. The number of ether oxygens (including phenoxy) is 1. The van der Waals surface area contributed by atoms with Crippen molar-refractivity contribution in [1.82, 2.24) is 10.6 Å². The number of benzene rings is 2. The van der Waals surface area contributed by atoms with Crippen molar-refractivity contribution in [2.24, 2.45) is 0 Å². The fourth-order valence-corrected chi connectivity index (χ4v) is 2.15. The molecule has 0 unspecified atom stereocenters. The Balaban J connectivity index is 1.68. The number of alkyl halides is 3. The van der Waals surface area contributed by atoms with E-state index >= 15 is 0 Å². The van der Waals surface area contributed by atoms with Gasteiger partial charge < -0.3 is 15.4 Å². The number of hydrogen-bond donors (Lipinski definition) is 2. The number of carbonyl (C=O) groups excluding carboxylic acids is 2. The summed E-state index contributed by atoms with van der Waals surface area (Å²) in [5.74, 6) is -0.535. The van der Waals surface area contributed by atoms with Crippen LogP contribution in [-0.2, 0) is 22.6 Å². The first-order chi connectivity index (χ1) is 12.8. The SMILES string of the molecule is O=C(CNC(=O)Cc1ccccc1)NCc1ccc(OCC(F)(F)F)cc1. The van der Waals surface area contributed by atoms with Crippen molar-refractivity contribution in [3.05, 3.63) is 65.7 Å². The Hall–Kier alpha value is -3.03. The van der Waals surface area contributed by atoms with E-state index in [0.29, 0.717) is 5.56 Å². The zero-order chi connectivity index (χ0) is 19.7. The molecular formula is C19H19F3N2O3. The van der Waals surface area contributed by atoms with Crippen LogP contribution in [0, 0.1) is 0 Å². The van der Waals surface area contributed by atoms with E-state index in [2.05, 4.69) is 15.4 Å². The number of nitrogens with one attached hydrogen (secondary N) is 2. The molecule has 0 radical (unpaired) electrons. The van der Waals surface area contributed by atoms with Crippen molar-refractivity contribution < 1.29 is 27.5 Å². The van der Waals surface area contributed by atoms with Gasteiger partial charge in [0.1, 0.15) is 5.75 Å². The van der Waals surface area contributed by atoms with Crippen LogP contribution in [-0.4, -0.2) is 31.1 Å². The van der Waals surface area contributed by atoms with E-state index in [-0.39, 0.29) is 37.1 Å². The molecule has 0 aromatic heterocycles. The molecule has 0 saturated heterocycles. The molecule has 0 aliphatic carbocycles. The lowest BCUT2D eigenvalue weighted by atomic mass is 10.1. The van der Waals surface area contributed by atoms with Crippen LogP contribution in [0.15, 0.2) is 54.6 Å². The molecule has 0 spiro atoms. The summed E-state index contributed by atoms with van der Waals surface area (Å²) in [6.07, 6.45) is -4.20. The van der Waals surface area contributed by atoms with Gasteiger partial charge in [-0.15, -0.1) is 0 Å². The van der Waals surface area contributed by atoms with E-state index in [0.717, 1.165) is 5.56 Å². The molecule has 2 aromatic carbocycles. The first-order valence-electron chi connectivity index (χ1n) is 8.17. The minimum absolute atomic E-state index is 0.0931. The van der Waals surface area contributed by atoms with Crippen molar-refractivity contribution in [2.45, 2.75) is 19.1 Å². The molecule has 0 aliphatic rings. The molecule has 2 rings (SSSR count). The smallest absolute Gasteiger partial charge is 0.422 e. The summed E-state index contributed by atoms with van der Waals surface area (Å²) in [5.41, 5.74) is 1.54. The summed E-state index contributed by atoms with van der Waals surface area (Å²) < 4.78 is 40.8. The van der Waals surface area contributed by atoms with Gasteiger partial charge in [-0.1, -0.05) is 42.5 Å². The molecule has 0 saturated carbocycles. The molecule has 2 aromatic rings. The van der Waals surface area contributed by atoms with E-state index in [1.807, 2.05) is 30.3 Å². The Kier molecular flexibility index (Phi) is 7.22. The zero-order valence-corrected chi connectivity index (χ0v) is 14.4. The van der Waals surface area contributed by atoms with Gasteiger partial charge in [0.25, 0.3) is 0 Å². The van der Waals surface area contributed by atoms with Crippen molar-refractivity contribution >= 4 is 11.8 Å². The van der Waals surface area contributed by atoms with Crippen molar-refractivity contribution in [2.75, 3.05) is 13.2 Å². The molecule has 27 heavy (non-hydrogen) atoms. The fourth-order valence-electron chi connectivity index (χ4n) is 2.15. The lowest BCUT2D eigenvalue weighted by Crippen LogP contribution is -2.37. The Bertz CT molecular complexity index is 747. The summed E-state index contributed by atoms with van der Waals surface area (Å²) >= 11 is 0. The highest BCUT2D eigenvalue weighted by atomic mass is 19.4. The molecule has 0 aliphatic heterocycles. The second-order valence-corrected chi connectivity index (χ2v) is 5.76. The number of rotatable bonds is 8. The standard InChI is InChI=1S/C19H19F3N2O3/c20-19(21,22)13-27-16-8-6-15(7-9-16)11-23-18(26)12-24-17(25)10-14-4-2-1-3-5-14/h1-9H,10-13H2,(H,23,26)(H,24,25). The second-order valence-electron chi connectivity index (χ2n) is 5.76. The minimum atomic E-state index is -4.39. The number of amides is 2. The van der Waals surface area contributed by atoms with Gasteiger partial charge in [0.2, 0.25) is 11.8 Å². The fraction of sp³-hybridized carbons (Fsp3) is 0.263. The Morgan fingerprint density at radius 3 is 2.15 bits per heavy atom. The molecule has 0 fully saturated rings. The first-order valence-corrected chi connectivity index (χ1v) is 8.17. The average molecular weight is 380 g/mol. The summed E-state index contributed by atoms with van der Waals surface area (Å²) in [4.78, 5) is 23.6. The average Bonchev–Trinajstić information content (AvgIpc) is 2.64. The molecule has 2 N–H and O–H groups in total. The van der Waals surface area contributed by atoms with E-state index in [1.54, 1.807) is 12.1 Å². The van der Waals surface area contributed by atoms with E-state index < -0.39 is 12.8 Å². The van der Waals surface area contributed by atoms with Gasteiger partial charge in [0.05, 0.1) is 13.0 Å². The normalized spacial score (nSPS) is 10.9. The van der Waals surface area contributed by atoms with Gasteiger partial charge in [0, 0.05) is 6.54 Å². The van der Waals surface area contributed by atoms with Gasteiger partial charge in [0.15, 0.2) is 6.61 Å². The summed E-state index contributed by atoms with van der Waals surface area (Å²) in [7, 11) is 0. The largest absolute Gasteiger partial charge is 0.484 e. The zero-order valence-electron chi connectivity index (χ0n) is 14.4. The predicted molar refractivity (Wildman–Crippen MR) is 93.0 cm³/mol. The Morgan fingerprint density at radius 1 is 0.852 bits per heavy atom. The maximum absolute atomic E-state index is 12.1. The number of hydrogen-bond acceptors (Lipinski definition) is 3. The summed E-state index contributed by atoms with van der Waals surface area (Å²) in [6, 6.07) is 15.1. The molecular weight excluding hydrogens is 361 g/mol. The molecule has 8 heteroatoms. The van der Waals surface area contributed by atoms with Gasteiger partial charge >= 0.3 is 6.18 Å². The molecule has 144 valence electrons. The molecule has 5 nitrogen and oxygen atoms in total. The van der Waals surface area contributed by atoms with Crippen molar-refractivity contribution in [3.63, 3.8) is 0 Å². The van der Waals surface area contributed by atoms with Gasteiger partial charge in [-0.3, -0.25) is 9.59 Å². The van der Waals surface area contributed by atoms with Crippen LogP contribution in [0.25, 0.3) is 0 Å². The highest BCUT2D eigenvalue weighted by Crippen LogP contribution is 2.18. The van der Waals surface area contributed by atoms with E-state index in [4.69, 9.17) is 0 Å². The van der Waals surface area contributed by atoms with Crippen molar-refractivity contribution in [3.8, 4) is 5.75 Å². The van der Waals surface area contributed by atoms with E-state index in [1.165, 1.54) is 12.1 Å². The van der Waals surface area contributed by atoms with Gasteiger partial charge in [-0.25, -0.2) is 0 Å². The van der Waals surface area contributed by atoms with Crippen LogP contribution in [0.4, 0.5) is 13.2 Å². The third kappa shape index (κ3) is 8.26. The maximum Gasteiger partial charge on any atom is 0.422 e. The van der Waals surface area contributed by atoms with E-state index in [9.17, 15) is 22.8 Å². The van der Waals surface area contributed by atoms with Crippen LogP contribution < -0.4 is 15.4 Å². The highest BCUT2D eigenvalue weighted by Gasteiger charge is 2.28. The highest BCUT2D eigenvalue weighted by molar-refractivity contribution is 5.85. The Labute approximate surface area is 154 Å².